The van der Waals surface area contributed by atoms with Gasteiger partial charge in [0.05, 0.1) is 92.5 Å². The summed E-state index contributed by atoms with van der Waals surface area (Å²) in [4.78, 5) is 0. The molecule has 5 aromatic carbocycles. The first-order chi connectivity index (χ1) is 52.3. The second-order valence-electron chi connectivity index (χ2n) is 24.6. The first-order valence-electron chi connectivity index (χ1n) is 33.6. The average molecular weight is 1750 g/mol. The van der Waals surface area contributed by atoms with Crippen LogP contribution in [0.3, 0.4) is 0 Å². The van der Waals surface area contributed by atoms with Crippen molar-refractivity contribution in [2.24, 2.45) is 0 Å². The summed E-state index contributed by atoms with van der Waals surface area (Å²) in [7, 11) is -42.6. The molecule has 0 atom stereocenters. The van der Waals surface area contributed by atoms with E-state index in [9.17, 15) is 111 Å². The number of pyridine rings is 4. The Balaban J connectivity index is 0.000000266. The van der Waals surface area contributed by atoms with Gasteiger partial charge >= 0.3 is 132 Å². The fraction of sp³-hybridized carbons (Fsp3) is 0.314. The number of rotatable bonds is 2. The van der Waals surface area contributed by atoms with Crippen LogP contribution in [-0.4, -0.2) is 116 Å². The van der Waals surface area contributed by atoms with E-state index in [-0.39, 0.29) is 26.4 Å². The van der Waals surface area contributed by atoms with Crippen LogP contribution in [0, 0.1) is 0 Å². The number of benzene rings is 5. The summed E-state index contributed by atoms with van der Waals surface area (Å²) >= 11 is 0. The molecule has 0 unspecified atom stereocenters. The molecule has 638 valence electrons. The Morgan fingerprint density at radius 1 is 0.237 bits per heavy atom. The van der Waals surface area contributed by atoms with E-state index in [0.29, 0.717) is 115 Å². The Hall–Kier alpha value is -8.12. The molecule has 22 heterocycles. The number of ether oxygens (including phenoxy) is 10. The summed E-state index contributed by atoms with van der Waals surface area (Å²) in [6.45, 7) is 9.24. The largest absolute Gasteiger partial charge is 0.491 e. The van der Waals surface area contributed by atoms with Gasteiger partial charge in [-0.25, -0.2) is 18.3 Å². The van der Waals surface area contributed by atoms with Crippen molar-refractivity contribution >= 4 is 42.0 Å². The normalized spacial score (nSPS) is 17.4. The zero-order valence-corrected chi connectivity index (χ0v) is 63.2. The molecule has 0 spiro atoms. The van der Waals surface area contributed by atoms with Gasteiger partial charge in [0.1, 0.15) is 49.4 Å². The van der Waals surface area contributed by atoms with Crippen LogP contribution in [0.25, 0.3) is 33.0 Å². The van der Waals surface area contributed by atoms with Crippen molar-refractivity contribution in [1.82, 2.24) is 0 Å². The van der Waals surface area contributed by atoms with E-state index < -0.39 is 31.2 Å². The Labute approximate surface area is 635 Å². The van der Waals surface area contributed by atoms with Crippen LogP contribution in [0.1, 0.15) is 33.4 Å². The molecule has 0 radical (unpaired) electrons. The number of aromatic nitrogens is 4. The zero-order chi connectivity index (χ0) is 84.4. The van der Waals surface area contributed by atoms with Crippen LogP contribution in [-0.2, 0) is 67.8 Å². The summed E-state index contributed by atoms with van der Waals surface area (Å²) in [5.41, 5.74) is 11.2. The molecule has 27 rings (SSSR count). The smallest absolute Gasteiger partial charge is 0.173 e. The number of hydrogen-bond donors (Lipinski definition) is 2. The monoisotopic (exact) mass is 1750 g/mol. The predicted octanol–water partition coefficient (Wildman–Crippen LogP) is 21.4. The van der Waals surface area contributed by atoms with Gasteiger partial charge in [-0.15, -0.1) is 0 Å². The molecule has 16 nitrogen and oxygen atoms in total. The zero-order valence-electron chi connectivity index (χ0n) is 59.7. The van der Waals surface area contributed by atoms with Crippen LogP contribution in [0.15, 0.2) is 195 Å². The van der Waals surface area contributed by atoms with Gasteiger partial charge in [-0.3, -0.25) is 0 Å². The molecule has 44 heteroatoms. The standard InChI is InChI=1S/C36H32N4.C34H46O12.4F6P/c1-2-30-4-3-29(1)25-37-17-9-33(10-18-37)35-13-21-39(22-14-35)27-31-5-7-32(8-6-31)28-40-23-15-36(16-24-40)34-11-19-38(26-30)20-12-34;35-25-27-24-34-28(26-36)23-33(27)45-21-17-41-13-9-37-7-11-39-15-19-43-31-5-1-3-29-30(31)4-2-6-32(29)44-20-16-40-12-8-38-10-14-42-18-22-46-34;4*1-7(2,3,4,5)6/h1-24H,25-28H2;1-6,23-24,35-36H,7-22,25-26H2;;;;/q+4;;4*-1. The van der Waals surface area contributed by atoms with Crippen molar-refractivity contribution in [2.45, 2.75) is 39.4 Å². The second-order valence-corrected chi connectivity index (χ2v) is 32.2. The second kappa shape index (κ2) is 36.6. The summed E-state index contributed by atoms with van der Waals surface area (Å²) in [6, 6.07) is 50.6. The molecule has 4 aromatic heterocycles. The summed E-state index contributed by atoms with van der Waals surface area (Å²) in [6.07, 6.45) is 17.4. The number of aliphatic hydroxyl groups excluding tert-OH is 2. The van der Waals surface area contributed by atoms with E-state index >= 15 is 0 Å². The van der Waals surface area contributed by atoms with Crippen molar-refractivity contribution in [3.63, 3.8) is 0 Å². The van der Waals surface area contributed by atoms with Crippen LogP contribution in [0.4, 0.5) is 101 Å². The molecule has 2 N–H and O–H groups in total. The first-order valence-corrected chi connectivity index (χ1v) is 41.7. The van der Waals surface area contributed by atoms with E-state index in [4.69, 9.17) is 47.4 Å². The van der Waals surface area contributed by atoms with Crippen LogP contribution >= 0.6 is 31.2 Å². The van der Waals surface area contributed by atoms with Crippen LogP contribution < -0.4 is 37.2 Å². The number of hydrogen-bond acceptors (Lipinski definition) is 12. The van der Waals surface area contributed by atoms with Crippen molar-refractivity contribution in [2.75, 3.05) is 106 Å². The van der Waals surface area contributed by atoms with Gasteiger partial charge < -0.3 is 57.6 Å². The van der Waals surface area contributed by atoms with Crippen molar-refractivity contribution in [3.8, 4) is 45.3 Å². The summed E-state index contributed by atoms with van der Waals surface area (Å²) in [5, 5.41) is 21.6. The quantitative estimate of drug-likeness (QED) is 0.0734. The minimum atomic E-state index is -10.7. The van der Waals surface area contributed by atoms with Gasteiger partial charge in [0, 0.05) is 92.7 Å². The maximum Gasteiger partial charge on any atom is 0.173 e. The molecular weight excluding hydrogens is 1670 g/mol. The average Bonchev–Trinajstić information content (AvgIpc) is 0.798. The molecule has 0 fully saturated rings. The third kappa shape index (κ3) is 47.7. The van der Waals surface area contributed by atoms with Crippen molar-refractivity contribution in [3.05, 3.63) is 229 Å². The molecule has 0 saturated heterocycles. The Morgan fingerprint density at radius 2 is 0.412 bits per heavy atom. The number of aliphatic hydroxyl groups is 2. The minimum Gasteiger partial charge on any atom is -0.491 e. The van der Waals surface area contributed by atoms with Crippen LogP contribution in [0.5, 0.6) is 23.0 Å². The molecule has 18 aliphatic heterocycles. The van der Waals surface area contributed by atoms with Gasteiger partial charge in [0.2, 0.25) is 0 Å². The number of fused-ring (bicyclic) bond motifs is 26. The van der Waals surface area contributed by atoms with E-state index in [1.54, 1.807) is 12.1 Å². The molecule has 0 amide bonds. The number of nitrogens with zero attached hydrogens (tertiary/aromatic N) is 4. The molecule has 114 heavy (non-hydrogen) atoms. The minimum absolute atomic E-state index is 0.242. The molecule has 0 aliphatic carbocycles. The maximum absolute atomic E-state index is 10.7. The third-order valence-electron chi connectivity index (χ3n) is 14.6. The van der Waals surface area contributed by atoms with Gasteiger partial charge in [-0.2, -0.15) is 0 Å². The van der Waals surface area contributed by atoms with Gasteiger partial charge in [-0.1, -0.05) is 72.8 Å². The molecule has 18 aliphatic rings. The summed E-state index contributed by atoms with van der Waals surface area (Å²) in [5.74, 6) is 2.47. The van der Waals surface area contributed by atoms with E-state index in [0.717, 1.165) is 48.5 Å². The molecule has 0 saturated carbocycles. The van der Waals surface area contributed by atoms with E-state index in [1.165, 1.54) is 44.5 Å². The first kappa shape index (κ1) is 94.7. The SMILES string of the molecule is F[P-](F)(F)(F)(F)F.F[P-](F)(F)(F)(F)F.F[P-](F)(F)(F)(F)F.F[P-](F)(F)(F)(F)F.OCc1cc2c(CO)cc1OCCOCCOCCOCCOc1cccc3c(cccc13)OCCOCCOCCOCCO2.c1cc2ccc1C[n+]1ccc(cc1)-c1cc[n+](cc1)Cc1ccc(cc1)C[n+]1ccc(cc1)-c1cc[n+](cc1)C2. The molecule has 9 aromatic rings. The maximum atomic E-state index is 9.87. The van der Waals surface area contributed by atoms with Gasteiger partial charge in [0.15, 0.2) is 75.8 Å². The number of halogens is 24. The Kier molecular flexibility index (Phi) is 30.4. The molecular formula is C70H78F24N4O12P4. The fourth-order valence-corrected chi connectivity index (χ4v) is 9.95. The van der Waals surface area contributed by atoms with Crippen LogP contribution in [0.2, 0.25) is 0 Å². The molecule has 18 bridgehead atoms. The Morgan fingerprint density at radius 3 is 0.596 bits per heavy atom. The van der Waals surface area contributed by atoms with E-state index in [2.05, 4.69) is 165 Å². The topological polar surface area (TPSA) is 148 Å². The van der Waals surface area contributed by atoms with Gasteiger partial charge in [0.25, 0.3) is 0 Å². The van der Waals surface area contributed by atoms with Crippen molar-refractivity contribution in [1.29, 1.82) is 0 Å². The van der Waals surface area contributed by atoms with E-state index in [1.807, 2.05) is 36.4 Å². The Bertz CT molecular complexity index is 3990. The summed E-state index contributed by atoms with van der Waals surface area (Å²) < 4.78 is 303. The third-order valence-corrected chi connectivity index (χ3v) is 14.6. The fourth-order valence-electron chi connectivity index (χ4n) is 9.95. The predicted molar refractivity (Wildman–Crippen MR) is 377 cm³/mol. The van der Waals surface area contributed by atoms with Crippen molar-refractivity contribution < 1.29 is 177 Å². The van der Waals surface area contributed by atoms with Gasteiger partial charge in [-0.05, 0) is 46.5 Å².